The molecule has 7 heteroatoms. The van der Waals surface area contributed by atoms with Crippen LogP contribution in [0.3, 0.4) is 0 Å². The molecular formula is C16H27N5O2. The van der Waals surface area contributed by atoms with E-state index in [4.69, 9.17) is 4.74 Å². The maximum absolute atomic E-state index is 12.2. The van der Waals surface area contributed by atoms with Crippen LogP contribution < -0.4 is 0 Å². The lowest BCUT2D eigenvalue weighted by Gasteiger charge is -2.39. The minimum atomic E-state index is -0.448. The van der Waals surface area contributed by atoms with E-state index in [0.717, 1.165) is 24.7 Å². The average molecular weight is 321 g/mol. The van der Waals surface area contributed by atoms with Crippen molar-refractivity contribution in [3.05, 3.63) is 11.6 Å². The van der Waals surface area contributed by atoms with E-state index in [9.17, 15) is 4.79 Å². The smallest absolute Gasteiger partial charge is 0.410 e. The summed E-state index contributed by atoms with van der Waals surface area (Å²) in [6.45, 7) is 10.8. The molecule has 1 aliphatic carbocycles. The Labute approximate surface area is 137 Å². The molecule has 2 aliphatic rings. The molecule has 128 valence electrons. The van der Waals surface area contributed by atoms with Crippen molar-refractivity contribution in [3.8, 4) is 0 Å². The number of H-pyrrole nitrogens is 1. The summed E-state index contributed by atoms with van der Waals surface area (Å²) in [6.07, 6.45) is 2.20. The molecule has 1 saturated carbocycles. The van der Waals surface area contributed by atoms with Crippen LogP contribution in [0.2, 0.25) is 0 Å². The first-order valence-electron chi connectivity index (χ1n) is 8.45. The molecule has 1 aromatic heterocycles. The summed E-state index contributed by atoms with van der Waals surface area (Å²) in [5.74, 6) is 2.45. The minimum absolute atomic E-state index is 0.223. The number of aromatic amines is 1. The lowest BCUT2D eigenvalue weighted by Crippen LogP contribution is -2.54. The summed E-state index contributed by atoms with van der Waals surface area (Å²) in [5.41, 5.74) is -0.448. The molecule has 0 radical (unpaired) electrons. The van der Waals surface area contributed by atoms with Crippen LogP contribution >= 0.6 is 0 Å². The third-order valence-electron chi connectivity index (χ3n) is 4.26. The molecule has 2 fully saturated rings. The molecule has 1 aromatic rings. The van der Waals surface area contributed by atoms with Gasteiger partial charge in [0.1, 0.15) is 11.4 Å². The first kappa shape index (κ1) is 16.2. The van der Waals surface area contributed by atoms with Crippen LogP contribution in [-0.4, -0.2) is 62.4 Å². The van der Waals surface area contributed by atoms with Gasteiger partial charge in [-0.1, -0.05) is 0 Å². The molecule has 3 rings (SSSR count). The standard InChI is InChI=1S/C16H27N5O2/c1-11-9-21(15(22)23-16(2,3)4)8-7-20(11)10-13-17-14(19-18-13)12-5-6-12/h11-12H,5-10H2,1-4H3,(H,17,18,19)/t11-/m1/s1. The Morgan fingerprint density at radius 1 is 1.35 bits per heavy atom. The summed E-state index contributed by atoms with van der Waals surface area (Å²) >= 11 is 0. The van der Waals surface area contributed by atoms with Gasteiger partial charge in [0.2, 0.25) is 0 Å². The van der Waals surface area contributed by atoms with E-state index in [0.29, 0.717) is 19.0 Å². The van der Waals surface area contributed by atoms with E-state index in [1.807, 2.05) is 20.8 Å². The van der Waals surface area contributed by atoms with Crippen LogP contribution in [0.15, 0.2) is 0 Å². The van der Waals surface area contributed by atoms with Gasteiger partial charge in [0, 0.05) is 31.6 Å². The van der Waals surface area contributed by atoms with Crippen LogP contribution in [0.5, 0.6) is 0 Å². The van der Waals surface area contributed by atoms with Crippen molar-refractivity contribution >= 4 is 6.09 Å². The highest BCUT2D eigenvalue weighted by Crippen LogP contribution is 2.37. The van der Waals surface area contributed by atoms with Gasteiger partial charge in [-0.25, -0.2) is 9.78 Å². The monoisotopic (exact) mass is 321 g/mol. The zero-order valence-corrected chi connectivity index (χ0v) is 14.5. The van der Waals surface area contributed by atoms with Crippen LogP contribution in [0.1, 0.15) is 58.1 Å². The molecule has 1 N–H and O–H groups in total. The number of piperazine rings is 1. The van der Waals surface area contributed by atoms with Crippen LogP contribution in [0, 0.1) is 0 Å². The number of hydrogen-bond donors (Lipinski definition) is 1. The number of amides is 1. The maximum Gasteiger partial charge on any atom is 0.410 e. The summed E-state index contributed by atoms with van der Waals surface area (Å²) in [7, 11) is 0. The third-order valence-corrected chi connectivity index (χ3v) is 4.26. The average Bonchev–Trinajstić information content (AvgIpc) is 3.19. The molecule has 1 saturated heterocycles. The topological polar surface area (TPSA) is 74.3 Å². The summed E-state index contributed by atoms with van der Waals surface area (Å²) in [5, 5.41) is 7.36. The lowest BCUT2D eigenvalue weighted by atomic mass is 10.2. The number of aromatic nitrogens is 3. The fourth-order valence-electron chi connectivity index (χ4n) is 2.82. The van der Waals surface area contributed by atoms with Gasteiger partial charge in [-0.3, -0.25) is 10.00 Å². The number of nitrogens with one attached hydrogen (secondary N) is 1. The number of carbonyl (C=O) groups is 1. The predicted octanol–water partition coefficient (Wildman–Crippen LogP) is 2.12. The van der Waals surface area contributed by atoms with Crippen molar-refractivity contribution in [3.63, 3.8) is 0 Å². The fourth-order valence-corrected chi connectivity index (χ4v) is 2.82. The Kier molecular flexibility index (Phi) is 4.31. The van der Waals surface area contributed by atoms with E-state index in [1.165, 1.54) is 12.8 Å². The first-order valence-corrected chi connectivity index (χ1v) is 8.45. The molecule has 0 spiro atoms. The molecule has 1 atom stereocenters. The van der Waals surface area contributed by atoms with Gasteiger partial charge in [-0.2, -0.15) is 5.10 Å². The molecule has 1 aliphatic heterocycles. The Morgan fingerprint density at radius 2 is 2.09 bits per heavy atom. The van der Waals surface area contributed by atoms with Crippen LogP contribution in [0.4, 0.5) is 4.79 Å². The van der Waals surface area contributed by atoms with E-state index in [1.54, 1.807) is 4.90 Å². The Bertz CT molecular complexity index is 561. The van der Waals surface area contributed by atoms with Crippen LogP contribution in [-0.2, 0) is 11.3 Å². The van der Waals surface area contributed by atoms with Crippen LogP contribution in [0.25, 0.3) is 0 Å². The molecule has 0 aromatic carbocycles. The molecule has 23 heavy (non-hydrogen) atoms. The second kappa shape index (κ2) is 6.11. The van der Waals surface area contributed by atoms with Crippen molar-refractivity contribution in [2.75, 3.05) is 19.6 Å². The van der Waals surface area contributed by atoms with E-state index in [-0.39, 0.29) is 12.1 Å². The minimum Gasteiger partial charge on any atom is -0.444 e. The van der Waals surface area contributed by atoms with Crippen molar-refractivity contribution in [1.82, 2.24) is 25.0 Å². The van der Waals surface area contributed by atoms with Gasteiger partial charge in [0.25, 0.3) is 0 Å². The van der Waals surface area contributed by atoms with Gasteiger partial charge >= 0.3 is 6.09 Å². The Hall–Kier alpha value is -1.63. The van der Waals surface area contributed by atoms with E-state index in [2.05, 4.69) is 27.0 Å². The first-order chi connectivity index (χ1) is 10.8. The van der Waals surface area contributed by atoms with Crippen molar-refractivity contribution in [1.29, 1.82) is 0 Å². The molecule has 1 amide bonds. The highest BCUT2D eigenvalue weighted by molar-refractivity contribution is 5.68. The highest BCUT2D eigenvalue weighted by atomic mass is 16.6. The van der Waals surface area contributed by atoms with Crippen molar-refractivity contribution < 1.29 is 9.53 Å². The number of ether oxygens (including phenoxy) is 1. The summed E-state index contributed by atoms with van der Waals surface area (Å²) < 4.78 is 5.46. The number of rotatable bonds is 3. The normalized spacial score (nSPS) is 23.1. The van der Waals surface area contributed by atoms with Crippen molar-refractivity contribution in [2.24, 2.45) is 0 Å². The second-order valence-electron chi connectivity index (χ2n) is 7.66. The predicted molar refractivity (Wildman–Crippen MR) is 86.0 cm³/mol. The summed E-state index contributed by atoms with van der Waals surface area (Å²) in [4.78, 5) is 20.9. The number of hydrogen-bond acceptors (Lipinski definition) is 5. The van der Waals surface area contributed by atoms with Gasteiger partial charge < -0.3 is 9.64 Å². The maximum atomic E-state index is 12.2. The van der Waals surface area contributed by atoms with E-state index < -0.39 is 5.60 Å². The molecular weight excluding hydrogens is 294 g/mol. The van der Waals surface area contributed by atoms with E-state index >= 15 is 0 Å². The number of nitrogens with zero attached hydrogens (tertiary/aromatic N) is 4. The SMILES string of the molecule is C[C@@H]1CN(C(=O)OC(C)(C)C)CCN1Cc1nc(C2CC2)n[nH]1. The second-order valence-corrected chi connectivity index (χ2v) is 7.66. The lowest BCUT2D eigenvalue weighted by molar-refractivity contribution is 0.00428. The quantitative estimate of drug-likeness (QED) is 0.923. The highest BCUT2D eigenvalue weighted by Gasteiger charge is 2.31. The summed E-state index contributed by atoms with van der Waals surface area (Å²) in [6, 6.07) is 0.269. The number of carbonyl (C=O) groups excluding carboxylic acids is 1. The van der Waals surface area contributed by atoms with Gasteiger partial charge in [-0.15, -0.1) is 0 Å². The Morgan fingerprint density at radius 3 is 2.70 bits per heavy atom. The zero-order valence-electron chi connectivity index (χ0n) is 14.5. The van der Waals surface area contributed by atoms with Crippen molar-refractivity contribution in [2.45, 2.75) is 64.6 Å². The molecule has 0 bridgehead atoms. The third kappa shape index (κ3) is 4.22. The molecule has 2 heterocycles. The van der Waals surface area contributed by atoms with Gasteiger partial charge in [0.05, 0.1) is 6.54 Å². The molecule has 7 nitrogen and oxygen atoms in total. The largest absolute Gasteiger partial charge is 0.444 e. The van der Waals surface area contributed by atoms with Gasteiger partial charge in [0.15, 0.2) is 5.82 Å². The Balaban J connectivity index is 1.52. The fraction of sp³-hybridized carbons (Fsp3) is 0.812. The zero-order chi connectivity index (χ0) is 16.6. The molecule has 0 unspecified atom stereocenters. The van der Waals surface area contributed by atoms with Gasteiger partial charge in [-0.05, 0) is 40.5 Å².